The van der Waals surface area contributed by atoms with Crippen molar-refractivity contribution in [2.24, 2.45) is 0 Å². The minimum atomic E-state index is -0.666. The van der Waals surface area contributed by atoms with Crippen LogP contribution in [0.4, 0.5) is 5.69 Å². The second kappa shape index (κ2) is 6.68. The number of carbonyl (C=O) groups is 2. The Morgan fingerprint density at radius 3 is 2.63 bits per heavy atom. The second-order valence-corrected chi connectivity index (χ2v) is 5.22. The molecule has 6 heteroatoms. The number of nitrogens with one attached hydrogen (secondary N) is 2. The molecule has 0 unspecified atom stereocenters. The Morgan fingerprint density at radius 1 is 1.26 bits per heavy atom. The predicted molar refractivity (Wildman–Crippen MR) is 74.8 cm³/mol. The predicted octanol–water partition coefficient (Wildman–Crippen LogP) is 1.68. The van der Waals surface area contributed by atoms with Crippen LogP contribution < -0.4 is 10.6 Å². The van der Waals surface area contributed by atoms with E-state index in [1.54, 1.807) is 24.3 Å². The zero-order chi connectivity index (χ0) is 13.7. The van der Waals surface area contributed by atoms with Gasteiger partial charge in [-0.3, -0.25) is 9.59 Å². The van der Waals surface area contributed by atoms with Gasteiger partial charge in [0, 0.05) is 23.3 Å². The van der Waals surface area contributed by atoms with Crippen LogP contribution in [-0.4, -0.2) is 31.1 Å². The van der Waals surface area contributed by atoms with Crippen LogP contribution in [0.1, 0.15) is 12.8 Å². The van der Waals surface area contributed by atoms with Crippen molar-refractivity contribution in [1.82, 2.24) is 5.32 Å². The molecule has 1 aromatic rings. The third-order valence-corrected chi connectivity index (χ3v) is 3.35. The Balaban J connectivity index is 1.78. The maximum absolute atomic E-state index is 11.6. The largest absolute Gasteiger partial charge is 0.376 e. The fourth-order valence-electron chi connectivity index (χ4n) is 1.81. The molecule has 0 radical (unpaired) electrons. The number of ether oxygens (including phenoxy) is 1. The van der Waals surface area contributed by atoms with Crippen molar-refractivity contribution < 1.29 is 14.3 Å². The number of rotatable bonds is 3. The number of hydrogen-bond donors (Lipinski definition) is 2. The first-order valence-electron chi connectivity index (χ1n) is 6.11. The van der Waals surface area contributed by atoms with E-state index in [9.17, 15) is 9.59 Å². The molecule has 1 aromatic carbocycles. The monoisotopic (exact) mass is 326 g/mol. The van der Waals surface area contributed by atoms with Crippen molar-refractivity contribution in [3.05, 3.63) is 28.7 Å². The summed E-state index contributed by atoms with van der Waals surface area (Å²) >= 11 is 3.30. The van der Waals surface area contributed by atoms with Crippen molar-refractivity contribution in [2.75, 3.05) is 18.5 Å². The molecule has 2 N–H and O–H groups in total. The van der Waals surface area contributed by atoms with Crippen LogP contribution in [0.25, 0.3) is 0 Å². The summed E-state index contributed by atoms with van der Waals surface area (Å²) in [5.74, 6) is -1.31. The first-order chi connectivity index (χ1) is 9.15. The van der Waals surface area contributed by atoms with Crippen LogP contribution in [0.15, 0.2) is 28.7 Å². The zero-order valence-electron chi connectivity index (χ0n) is 10.3. The van der Waals surface area contributed by atoms with Crippen molar-refractivity contribution in [3.8, 4) is 0 Å². The number of carbonyl (C=O) groups excluding carboxylic acids is 2. The zero-order valence-corrected chi connectivity index (χ0v) is 11.9. The summed E-state index contributed by atoms with van der Waals surface area (Å²) in [6.45, 7) is 1.11. The van der Waals surface area contributed by atoms with Crippen LogP contribution in [0.5, 0.6) is 0 Å². The first kappa shape index (κ1) is 14.0. The van der Waals surface area contributed by atoms with Gasteiger partial charge in [0.25, 0.3) is 0 Å². The van der Waals surface area contributed by atoms with Gasteiger partial charge in [-0.15, -0.1) is 0 Å². The lowest BCUT2D eigenvalue weighted by Crippen LogP contribution is -2.39. The highest BCUT2D eigenvalue weighted by Gasteiger charge is 2.19. The summed E-state index contributed by atoms with van der Waals surface area (Å²) in [6.07, 6.45) is 1.96. The van der Waals surface area contributed by atoms with E-state index in [4.69, 9.17) is 4.74 Å². The summed E-state index contributed by atoms with van der Waals surface area (Å²) in [7, 11) is 0. The fraction of sp³-hybridized carbons (Fsp3) is 0.385. The average molecular weight is 327 g/mol. The van der Waals surface area contributed by atoms with Crippen molar-refractivity contribution in [2.45, 2.75) is 18.9 Å². The standard InChI is InChI=1S/C13H15BrN2O3/c14-9-3-5-10(6-4-9)16-13(18)12(17)15-8-11-2-1-7-19-11/h3-6,11H,1-2,7-8H2,(H,15,17)(H,16,18)/t11-/m0/s1. The highest BCUT2D eigenvalue weighted by Crippen LogP contribution is 2.14. The van der Waals surface area contributed by atoms with E-state index in [2.05, 4.69) is 26.6 Å². The van der Waals surface area contributed by atoms with E-state index in [0.717, 1.165) is 23.9 Å². The molecule has 0 spiro atoms. The normalized spacial score (nSPS) is 18.1. The van der Waals surface area contributed by atoms with Gasteiger partial charge < -0.3 is 15.4 Å². The lowest BCUT2D eigenvalue weighted by Gasteiger charge is -2.10. The molecule has 0 aliphatic carbocycles. The van der Waals surface area contributed by atoms with E-state index in [1.807, 2.05) is 0 Å². The summed E-state index contributed by atoms with van der Waals surface area (Å²) < 4.78 is 6.27. The van der Waals surface area contributed by atoms with Gasteiger partial charge in [0.1, 0.15) is 0 Å². The Bertz CT molecular complexity index is 455. The molecule has 0 aromatic heterocycles. The molecule has 1 saturated heterocycles. The number of halogens is 1. The van der Waals surface area contributed by atoms with Crippen molar-refractivity contribution >= 4 is 33.4 Å². The van der Waals surface area contributed by atoms with Gasteiger partial charge in [0.15, 0.2) is 0 Å². The highest BCUT2D eigenvalue weighted by molar-refractivity contribution is 9.10. The summed E-state index contributed by atoms with van der Waals surface area (Å²) in [5.41, 5.74) is 0.584. The Hall–Kier alpha value is -1.40. The molecule has 1 aliphatic rings. The maximum atomic E-state index is 11.6. The first-order valence-corrected chi connectivity index (χ1v) is 6.91. The summed E-state index contributed by atoms with van der Waals surface area (Å²) in [6, 6.07) is 7.02. The van der Waals surface area contributed by atoms with Gasteiger partial charge in [-0.2, -0.15) is 0 Å². The molecule has 5 nitrogen and oxygen atoms in total. The van der Waals surface area contributed by atoms with E-state index in [0.29, 0.717) is 12.2 Å². The van der Waals surface area contributed by atoms with Crippen molar-refractivity contribution in [3.63, 3.8) is 0 Å². The molecule has 1 aliphatic heterocycles. The number of hydrogen-bond acceptors (Lipinski definition) is 3. The van der Waals surface area contributed by atoms with E-state index in [1.165, 1.54) is 0 Å². The SMILES string of the molecule is O=C(NC[C@@H]1CCCO1)C(=O)Nc1ccc(Br)cc1. The van der Waals surface area contributed by atoms with E-state index >= 15 is 0 Å². The van der Waals surface area contributed by atoms with Crippen LogP contribution >= 0.6 is 15.9 Å². The Morgan fingerprint density at radius 2 is 2.00 bits per heavy atom. The molecule has 0 bridgehead atoms. The molecular formula is C13H15BrN2O3. The molecule has 2 amide bonds. The van der Waals surface area contributed by atoms with Gasteiger partial charge in [-0.25, -0.2) is 0 Å². The minimum Gasteiger partial charge on any atom is -0.376 e. The Kier molecular flexibility index (Phi) is 4.93. The van der Waals surface area contributed by atoms with Crippen molar-refractivity contribution in [1.29, 1.82) is 0 Å². The van der Waals surface area contributed by atoms with Gasteiger partial charge in [0.2, 0.25) is 0 Å². The minimum absolute atomic E-state index is 0.0319. The number of anilines is 1. The van der Waals surface area contributed by atoms with Gasteiger partial charge in [0.05, 0.1) is 6.10 Å². The molecule has 0 saturated carbocycles. The third-order valence-electron chi connectivity index (χ3n) is 2.82. The van der Waals surface area contributed by atoms with Crippen LogP contribution in [-0.2, 0) is 14.3 Å². The van der Waals surface area contributed by atoms with Crippen LogP contribution in [0, 0.1) is 0 Å². The molecular weight excluding hydrogens is 312 g/mol. The number of benzene rings is 1. The number of amides is 2. The molecule has 1 heterocycles. The molecule has 1 fully saturated rings. The molecule has 1 atom stereocenters. The van der Waals surface area contributed by atoms with Gasteiger partial charge in [-0.05, 0) is 37.1 Å². The van der Waals surface area contributed by atoms with Gasteiger partial charge in [-0.1, -0.05) is 15.9 Å². The van der Waals surface area contributed by atoms with E-state index < -0.39 is 11.8 Å². The lowest BCUT2D eigenvalue weighted by molar-refractivity contribution is -0.136. The lowest BCUT2D eigenvalue weighted by atomic mass is 10.2. The van der Waals surface area contributed by atoms with Gasteiger partial charge >= 0.3 is 11.8 Å². The quantitative estimate of drug-likeness (QED) is 0.830. The molecule has 102 valence electrons. The fourth-order valence-corrected chi connectivity index (χ4v) is 2.08. The smallest absolute Gasteiger partial charge is 0.313 e. The third kappa shape index (κ3) is 4.33. The highest BCUT2D eigenvalue weighted by atomic mass is 79.9. The Labute approximate surface area is 119 Å². The topological polar surface area (TPSA) is 67.4 Å². The summed E-state index contributed by atoms with van der Waals surface area (Å²) in [5, 5.41) is 5.10. The maximum Gasteiger partial charge on any atom is 0.313 e. The van der Waals surface area contributed by atoms with Crippen LogP contribution in [0.3, 0.4) is 0 Å². The average Bonchev–Trinajstić information content (AvgIpc) is 2.91. The molecule has 2 rings (SSSR count). The van der Waals surface area contributed by atoms with E-state index in [-0.39, 0.29) is 6.10 Å². The second-order valence-electron chi connectivity index (χ2n) is 4.31. The molecule has 19 heavy (non-hydrogen) atoms. The summed E-state index contributed by atoms with van der Waals surface area (Å²) in [4.78, 5) is 23.2. The van der Waals surface area contributed by atoms with Crippen LogP contribution in [0.2, 0.25) is 0 Å².